The smallest absolute Gasteiger partial charge is 0.418 e. The fourth-order valence-corrected chi connectivity index (χ4v) is 4.57. The number of benzene rings is 2. The summed E-state index contributed by atoms with van der Waals surface area (Å²) in [5.74, 6) is -0.390. The molecule has 3 aromatic rings. The molecule has 2 aliphatic rings. The fraction of sp³-hybridized carbons (Fsp3) is 0.348. The molecule has 7 nitrogen and oxygen atoms in total. The number of aromatic nitrogens is 2. The molecule has 1 fully saturated rings. The summed E-state index contributed by atoms with van der Waals surface area (Å²) in [7, 11) is 0. The summed E-state index contributed by atoms with van der Waals surface area (Å²) in [5, 5.41) is 10.7. The molecule has 0 bridgehead atoms. The third kappa shape index (κ3) is 2.73. The van der Waals surface area contributed by atoms with Crippen LogP contribution in [0.15, 0.2) is 42.7 Å². The van der Waals surface area contributed by atoms with Crippen molar-refractivity contribution in [1.29, 1.82) is 0 Å². The second kappa shape index (κ2) is 6.67. The minimum atomic E-state index is -1.25. The van der Waals surface area contributed by atoms with Crippen LogP contribution >= 0.6 is 0 Å². The number of ether oxygens (including phenoxy) is 1. The zero-order chi connectivity index (χ0) is 21.0. The van der Waals surface area contributed by atoms with Gasteiger partial charge in [-0.25, -0.2) is 14.7 Å². The number of hydrogen-bond donors (Lipinski definition) is 1. The van der Waals surface area contributed by atoms with Gasteiger partial charge in [0.1, 0.15) is 0 Å². The lowest BCUT2D eigenvalue weighted by Crippen LogP contribution is -2.42. The highest BCUT2D eigenvalue weighted by molar-refractivity contribution is 6.04. The molecule has 154 valence electrons. The number of aryl methyl sites for hydroxylation is 3. The first-order valence-corrected chi connectivity index (χ1v) is 10.1. The lowest BCUT2D eigenvalue weighted by atomic mass is 9.95. The van der Waals surface area contributed by atoms with Crippen LogP contribution in [0.1, 0.15) is 28.7 Å². The van der Waals surface area contributed by atoms with E-state index in [0.29, 0.717) is 12.8 Å². The first-order chi connectivity index (χ1) is 14.4. The van der Waals surface area contributed by atoms with Crippen molar-refractivity contribution in [2.24, 2.45) is 0 Å². The molecule has 2 atom stereocenters. The maximum Gasteiger partial charge on any atom is 0.418 e. The van der Waals surface area contributed by atoms with Gasteiger partial charge in [0.25, 0.3) is 5.91 Å². The molecule has 1 spiro atoms. The van der Waals surface area contributed by atoms with Gasteiger partial charge in [0, 0.05) is 12.0 Å². The molecule has 1 aliphatic heterocycles. The minimum Gasteiger partial charge on any atom is -0.427 e. The summed E-state index contributed by atoms with van der Waals surface area (Å²) in [4.78, 5) is 31.2. The molecular weight excluding hydrogens is 382 g/mol. The Hall–Kier alpha value is -3.19. The Morgan fingerprint density at radius 1 is 1.17 bits per heavy atom. The van der Waals surface area contributed by atoms with Crippen LogP contribution < -0.4 is 0 Å². The third-order valence-electron chi connectivity index (χ3n) is 6.31. The van der Waals surface area contributed by atoms with Gasteiger partial charge in [0.2, 0.25) is 5.60 Å². The topological polar surface area (TPSA) is 84.7 Å². The number of hydrogen-bond acceptors (Lipinski definition) is 5. The van der Waals surface area contributed by atoms with Gasteiger partial charge >= 0.3 is 6.09 Å². The van der Waals surface area contributed by atoms with Crippen molar-refractivity contribution in [2.45, 2.75) is 44.9 Å². The van der Waals surface area contributed by atoms with Crippen LogP contribution in [0.25, 0.3) is 11.0 Å². The van der Waals surface area contributed by atoms with Crippen LogP contribution in [0, 0.1) is 13.8 Å². The number of imide groups is 1. The number of nitrogens with zero attached hydrogens (tertiary/aromatic N) is 3. The van der Waals surface area contributed by atoms with Crippen molar-refractivity contribution in [3.63, 3.8) is 0 Å². The number of aliphatic hydroxyl groups is 1. The van der Waals surface area contributed by atoms with Crippen molar-refractivity contribution in [2.75, 3.05) is 6.54 Å². The quantitative estimate of drug-likeness (QED) is 0.722. The Morgan fingerprint density at radius 3 is 2.77 bits per heavy atom. The molecule has 30 heavy (non-hydrogen) atoms. The van der Waals surface area contributed by atoms with Gasteiger partial charge in [-0.15, -0.1) is 0 Å². The molecule has 7 heteroatoms. The van der Waals surface area contributed by atoms with E-state index in [1.165, 1.54) is 0 Å². The van der Waals surface area contributed by atoms with Crippen molar-refractivity contribution >= 4 is 23.0 Å². The zero-order valence-electron chi connectivity index (χ0n) is 17.0. The number of imidazole rings is 1. The Bertz CT molecular complexity index is 1180. The summed E-state index contributed by atoms with van der Waals surface area (Å²) in [6.45, 7) is 4.16. The van der Waals surface area contributed by atoms with E-state index < -0.39 is 23.7 Å². The van der Waals surface area contributed by atoms with Gasteiger partial charge in [-0.3, -0.25) is 4.79 Å². The molecule has 1 aliphatic carbocycles. The van der Waals surface area contributed by atoms with E-state index in [-0.39, 0.29) is 13.1 Å². The van der Waals surface area contributed by atoms with Crippen LogP contribution in [-0.4, -0.2) is 44.2 Å². The summed E-state index contributed by atoms with van der Waals surface area (Å²) in [6.07, 6.45) is 1.16. The standard InChI is InChI=1S/C23H23N3O4/c1-14-9-19-20(10-15(14)2)25(13-24-19)11-17(27)12-26-21(28)23(30-22(26)29)8-7-16-5-3-4-6-18(16)23/h3-6,9-10,13,17,27H,7-8,11-12H2,1-2H3/t17-,23-/m0/s1. The second-order valence-corrected chi connectivity index (χ2v) is 8.24. The van der Waals surface area contributed by atoms with Gasteiger partial charge in [0.15, 0.2) is 0 Å². The molecule has 1 aromatic heterocycles. The van der Waals surface area contributed by atoms with Crippen LogP contribution in [0.2, 0.25) is 0 Å². The molecule has 0 unspecified atom stereocenters. The van der Waals surface area contributed by atoms with Crippen molar-refractivity contribution < 1.29 is 19.4 Å². The van der Waals surface area contributed by atoms with E-state index in [9.17, 15) is 14.7 Å². The summed E-state index contributed by atoms with van der Waals surface area (Å²) < 4.78 is 7.45. The number of rotatable bonds is 4. The van der Waals surface area contributed by atoms with E-state index in [1.54, 1.807) is 6.33 Å². The largest absolute Gasteiger partial charge is 0.427 e. The Balaban J connectivity index is 1.36. The molecule has 2 aromatic carbocycles. The van der Waals surface area contributed by atoms with Crippen LogP contribution in [-0.2, 0) is 28.1 Å². The van der Waals surface area contributed by atoms with E-state index in [4.69, 9.17) is 4.74 Å². The number of carbonyl (C=O) groups is 2. The van der Waals surface area contributed by atoms with E-state index in [0.717, 1.165) is 38.2 Å². The Labute approximate surface area is 173 Å². The number of fused-ring (bicyclic) bond motifs is 3. The molecule has 2 heterocycles. The molecular formula is C23H23N3O4. The molecule has 0 radical (unpaired) electrons. The monoisotopic (exact) mass is 405 g/mol. The average molecular weight is 405 g/mol. The first-order valence-electron chi connectivity index (χ1n) is 10.1. The number of amides is 2. The number of carbonyl (C=O) groups excluding carboxylic acids is 2. The van der Waals surface area contributed by atoms with Gasteiger partial charge in [-0.05, 0) is 49.1 Å². The normalized spacial score (nSPS) is 21.5. The lowest BCUT2D eigenvalue weighted by Gasteiger charge is -2.21. The lowest BCUT2D eigenvalue weighted by molar-refractivity contribution is -0.138. The highest BCUT2D eigenvalue weighted by atomic mass is 16.6. The Kier molecular flexibility index (Phi) is 4.18. The molecule has 1 N–H and O–H groups in total. The summed E-state index contributed by atoms with van der Waals surface area (Å²) in [6, 6.07) is 11.6. The summed E-state index contributed by atoms with van der Waals surface area (Å²) in [5.41, 5.74) is 4.59. The van der Waals surface area contributed by atoms with Crippen molar-refractivity contribution in [3.05, 3.63) is 65.0 Å². The molecule has 0 saturated carbocycles. The maximum atomic E-state index is 13.2. The van der Waals surface area contributed by atoms with Gasteiger partial charge in [0.05, 0.1) is 36.6 Å². The predicted octanol–water partition coefficient (Wildman–Crippen LogP) is 2.83. The molecule has 1 saturated heterocycles. The van der Waals surface area contributed by atoms with Crippen molar-refractivity contribution in [1.82, 2.24) is 14.5 Å². The molecule has 2 amide bonds. The van der Waals surface area contributed by atoms with Crippen LogP contribution in [0.5, 0.6) is 0 Å². The van der Waals surface area contributed by atoms with Gasteiger partial charge in [-0.2, -0.15) is 0 Å². The van der Waals surface area contributed by atoms with Crippen LogP contribution in [0.4, 0.5) is 4.79 Å². The van der Waals surface area contributed by atoms with Gasteiger partial charge < -0.3 is 14.4 Å². The van der Waals surface area contributed by atoms with E-state index in [2.05, 4.69) is 4.98 Å². The van der Waals surface area contributed by atoms with E-state index in [1.807, 2.05) is 54.8 Å². The first kappa shape index (κ1) is 18.8. The van der Waals surface area contributed by atoms with Crippen LogP contribution in [0.3, 0.4) is 0 Å². The average Bonchev–Trinajstić information content (AvgIpc) is 3.35. The number of aliphatic hydroxyl groups excluding tert-OH is 1. The molecule has 5 rings (SSSR count). The maximum absolute atomic E-state index is 13.2. The van der Waals surface area contributed by atoms with E-state index >= 15 is 0 Å². The summed E-state index contributed by atoms with van der Waals surface area (Å²) >= 11 is 0. The Morgan fingerprint density at radius 2 is 1.93 bits per heavy atom. The number of β-amino-alcohol motifs (C(OH)–C–C–N with tert-alkyl or cyclic N) is 1. The fourth-order valence-electron chi connectivity index (χ4n) is 4.57. The minimum absolute atomic E-state index is 0.119. The predicted molar refractivity (Wildman–Crippen MR) is 110 cm³/mol. The highest BCUT2D eigenvalue weighted by Gasteiger charge is 2.58. The SMILES string of the molecule is Cc1cc2ncn(C[C@H](O)CN3C(=O)O[C@]4(CCc5ccccc54)C3=O)c2cc1C. The van der Waals surface area contributed by atoms with Gasteiger partial charge in [-0.1, -0.05) is 24.3 Å². The third-order valence-corrected chi connectivity index (χ3v) is 6.31. The van der Waals surface area contributed by atoms with Crippen molar-refractivity contribution in [3.8, 4) is 0 Å². The zero-order valence-corrected chi connectivity index (χ0v) is 17.0. The highest BCUT2D eigenvalue weighted by Crippen LogP contribution is 2.45. The second-order valence-electron chi connectivity index (χ2n) is 8.24.